The second kappa shape index (κ2) is 7.07. The van der Waals surface area contributed by atoms with E-state index >= 15 is 0 Å². The molecular weight excluding hydrogens is 256 g/mol. The zero-order valence-corrected chi connectivity index (χ0v) is 14.2. The van der Waals surface area contributed by atoms with Gasteiger partial charge >= 0.3 is 6.09 Å². The van der Waals surface area contributed by atoms with Crippen molar-refractivity contribution in [2.24, 2.45) is 5.41 Å². The molecule has 20 heavy (non-hydrogen) atoms. The summed E-state index contributed by atoms with van der Waals surface area (Å²) in [6.45, 7) is 11.7. The van der Waals surface area contributed by atoms with Gasteiger partial charge in [0, 0.05) is 5.41 Å². The fourth-order valence-corrected chi connectivity index (χ4v) is 1.63. The summed E-state index contributed by atoms with van der Waals surface area (Å²) in [5.74, 6) is 0.0187. The minimum atomic E-state index is -0.568. The van der Waals surface area contributed by atoms with Gasteiger partial charge in [0.1, 0.15) is 5.60 Å². The Labute approximate surface area is 123 Å². The molecular formula is C15H30N2O3. The predicted molar refractivity (Wildman–Crippen MR) is 80.8 cm³/mol. The Hall–Kier alpha value is -1.10. The predicted octanol–water partition coefficient (Wildman–Crippen LogP) is 2.45. The van der Waals surface area contributed by atoms with Gasteiger partial charge in [0.25, 0.3) is 0 Å². The van der Waals surface area contributed by atoms with E-state index in [1.54, 1.807) is 20.8 Å². The second-order valence-corrected chi connectivity index (χ2v) is 7.41. The topological polar surface area (TPSA) is 58.6 Å². The van der Waals surface area contributed by atoms with Gasteiger partial charge < -0.3 is 15.0 Å². The van der Waals surface area contributed by atoms with Gasteiger partial charge in [-0.15, -0.1) is 0 Å². The summed E-state index contributed by atoms with van der Waals surface area (Å²) in [6, 6.07) is -0.521. The Bertz CT molecular complexity index is 338. The van der Waals surface area contributed by atoms with E-state index in [4.69, 9.17) is 4.74 Å². The van der Waals surface area contributed by atoms with Gasteiger partial charge in [-0.25, -0.2) is 4.79 Å². The maximum atomic E-state index is 12.4. The minimum Gasteiger partial charge on any atom is -0.444 e. The molecule has 0 saturated carbocycles. The first-order chi connectivity index (χ1) is 8.83. The number of rotatable bonds is 5. The van der Waals surface area contributed by atoms with E-state index in [0.29, 0.717) is 6.42 Å². The number of hydrogen-bond donors (Lipinski definition) is 1. The molecule has 0 bridgehead atoms. The summed E-state index contributed by atoms with van der Waals surface area (Å²) < 4.78 is 5.22. The fourth-order valence-electron chi connectivity index (χ4n) is 1.63. The maximum absolute atomic E-state index is 12.4. The van der Waals surface area contributed by atoms with Crippen LogP contribution in [0.2, 0.25) is 0 Å². The Morgan fingerprint density at radius 3 is 1.95 bits per heavy atom. The quantitative estimate of drug-likeness (QED) is 0.843. The van der Waals surface area contributed by atoms with Crippen molar-refractivity contribution in [1.29, 1.82) is 0 Å². The molecule has 0 spiro atoms. The van der Waals surface area contributed by atoms with Gasteiger partial charge in [-0.2, -0.15) is 0 Å². The van der Waals surface area contributed by atoms with E-state index in [2.05, 4.69) is 5.32 Å². The Kier molecular flexibility index (Phi) is 6.68. The van der Waals surface area contributed by atoms with Crippen LogP contribution < -0.4 is 5.32 Å². The third kappa shape index (κ3) is 8.15. The highest BCUT2D eigenvalue weighted by molar-refractivity contribution is 5.91. The first kappa shape index (κ1) is 18.9. The van der Waals surface area contributed by atoms with Crippen molar-refractivity contribution in [2.45, 2.75) is 59.6 Å². The number of Topliss-reactive ketones (excluding diaryl/α,β-unsaturated/α-hetero) is 1. The minimum absolute atomic E-state index is 0.0187. The van der Waals surface area contributed by atoms with Gasteiger partial charge in [-0.3, -0.25) is 4.79 Å². The highest BCUT2D eigenvalue weighted by Crippen LogP contribution is 2.19. The van der Waals surface area contributed by atoms with Crippen molar-refractivity contribution in [1.82, 2.24) is 10.2 Å². The average molecular weight is 286 g/mol. The fraction of sp³-hybridized carbons (Fsp3) is 0.867. The van der Waals surface area contributed by atoms with Crippen LogP contribution in [-0.2, 0) is 9.53 Å². The molecule has 5 heteroatoms. The van der Waals surface area contributed by atoms with Gasteiger partial charge in [0.15, 0.2) is 5.78 Å². The number of carbonyl (C=O) groups excluding carboxylic acids is 2. The summed E-state index contributed by atoms with van der Waals surface area (Å²) in [5, 5.41) is 2.70. The van der Waals surface area contributed by atoms with Gasteiger partial charge in [0.2, 0.25) is 0 Å². The third-order valence-corrected chi connectivity index (χ3v) is 2.61. The summed E-state index contributed by atoms with van der Waals surface area (Å²) in [4.78, 5) is 26.2. The van der Waals surface area contributed by atoms with Gasteiger partial charge in [-0.05, 0) is 47.8 Å². The monoisotopic (exact) mass is 286 g/mol. The molecule has 0 heterocycles. The molecule has 0 aromatic carbocycles. The molecule has 0 aromatic heterocycles. The van der Waals surface area contributed by atoms with E-state index in [1.807, 2.05) is 39.8 Å². The molecule has 0 aliphatic carbocycles. The summed E-state index contributed by atoms with van der Waals surface area (Å²) in [5.41, 5.74) is -1.06. The van der Waals surface area contributed by atoms with Crippen LogP contribution in [0.4, 0.5) is 4.79 Å². The molecule has 0 aliphatic heterocycles. The average Bonchev–Trinajstić information content (AvgIpc) is 2.18. The first-order valence-corrected chi connectivity index (χ1v) is 7.01. The number of hydrogen-bond acceptors (Lipinski definition) is 4. The van der Waals surface area contributed by atoms with E-state index in [1.165, 1.54) is 0 Å². The highest BCUT2D eigenvalue weighted by atomic mass is 16.6. The summed E-state index contributed by atoms with van der Waals surface area (Å²) in [6.07, 6.45) is 0.0290. The van der Waals surface area contributed by atoms with E-state index < -0.39 is 23.2 Å². The number of alkyl carbamates (subject to hydrolysis) is 1. The number of amides is 1. The third-order valence-electron chi connectivity index (χ3n) is 2.61. The number of ketones is 1. The Morgan fingerprint density at radius 2 is 1.60 bits per heavy atom. The van der Waals surface area contributed by atoms with Crippen LogP contribution in [0.3, 0.4) is 0 Å². The van der Waals surface area contributed by atoms with Gasteiger partial charge in [0.05, 0.1) is 6.04 Å². The van der Waals surface area contributed by atoms with Gasteiger partial charge in [-0.1, -0.05) is 20.8 Å². The van der Waals surface area contributed by atoms with Crippen molar-refractivity contribution in [3.05, 3.63) is 0 Å². The Morgan fingerprint density at radius 1 is 1.10 bits per heavy atom. The SMILES string of the molecule is CN(C)CC[C@H](NC(=O)OC(C)(C)C)C(=O)C(C)(C)C. The number of nitrogens with one attached hydrogen (secondary N) is 1. The molecule has 1 atom stereocenters. The van der Waals surface area contributed by atoms with E-state index in [0.717, 1.165) is 6.54 Å². The first-order valence-electron chi connectivity index (χ1n) is 7.01. The molecule has 118 valence electrons. The van der Waals surface area contributed by atoms with Crippen molar-refractivity contribution >= 4 is 11.9 Å². The van der Waals surface area contributed by atoms with Crippen LogP contribution in [-0.4, -0.2) is 49.1 Å². The zero-order chi connectivity index (χ0) is 16.1. The molecule has 0 aromatic rings. The molecule has 1 N–H and O–H groups in total. The van der Waals surface area contributed by atoms with Crippen LogP contribution in [0.5, 0.6) is 0 Å². The van der Waals surface area contributed by atoms with Crippen molar-refractivity contribution in [3.8, 4) is 0 Å². The molecule has 0 radical (unpaired) electrons. The standard InChI is InChI=1S/C15H30N2O3/c1-14(2,3)12(18)11(9-10-17(7)8)16-13(19)20-15(4,5)6/h11H,9-10H2,1-8H3,(H,16,19)/t11-/m0/s1. The van der Waals surface area contributed by atoms with Crippen LogP contribution in [0.15, 0.2) is 0 Å². The van der Waals surface area contributed by atoms with Crippen LogP contribution in [0, 0.1) is 5.41 Å². The molecule has 5 nitrogen and oxygen atoms in total. The lowest BCUT2D eigenvalue weighted by Crippen LogP contribution is -2.48. The zero-order valence-electron chi connectivity index (χ0n) is 14.2. The van der Waals surface area contributed by atoms with Crippen LogP contribution in [0.1, 0.15) is 48.0 Å². The lowest BCUT2D eigenvalue weighted by molar-refractivity contribution is -0.128. The van der Waals surface area contributed by atoms with Crippen molar-refractivity contribution < 1.29 is 14.3 Å². The second-order valence-electron chi connectivity index (χ2n) is 7.41. The molecule has 0 rings (SSSR count). The van der Waals surface area contributed by atoms with E-state index in [-0.39, 0.29) is 5.78 Å². The molecule has 0 unspecified atom stereocenters. The molecule has 0 aliphatic rings. The van der Waals surface area contributed by atoms with Crippen molar-refractivity contribution in [3.63, 3.8) is 0 Å². The molecule has 1 amide bonds. The lowest BCUT2D eigenvalue weighted by Gasteiger charge is -2.28. The summed E-state index contributed by atoms with van der Waals surface area (Å²) in [7, 11) is 3.87. The smallest absolute Gasteiger partial charge is 0.408 e. The lowest BCUT2D eigenvalue weighted by atomic mass is 9.85. The number of ether oxygens (including phenoxy) is 1. The largest absolute Gasteiger partial charge is 0.444 e. The number of carbonyl (C=O) groups is 2. The molecule has 0 fully saturated rings. The van der Waals surface area contributed by atoms with Crippen molar-refractivity contribution in [2.75, 3.05) is 20.6 Å². The van der Waals surface area contributed by atoms with Crippen LogP contribution >= 0.6 is 0 Å². The van der Waals surface area contributed by atoms with Crippen LogP contribution in [0.25, 0.3) is 0 Å². The van der Waals surface area contributed by atoms with E-state index in [9.17, 15) is 9.59 Å². The Balaban J connectivity index is 4.78. The maximum Gasteiger partial charge on any atom is 0.408 e. The summed E-state index contributed by atoms with van der Waals surface area (Å²) >= 11 is 0. The normalized spacial score (nSPS) is 14.1. The number of nitrogens with zero attached hydrogens (tertiary/aromatic N) is 1. The highest BCUT2D eigenvalue weighted by Gasteiger charge is 2.31. The molecule has 0 saturated heterocycles.